The summed E-state index contributed by atoms with van der Waals surface area (Å²) in [5, 5.41) is 12.1. The molecule has 154 valence electrons. The van der Waals surface area contributed by atoms with Crippen LogP contribution in [0.5, 0.6) is 0 Å². The fourth-order valence-corrected chi connectivity index (χ4v) is 3.52. The highest BCUT2D eigenvalue weighted by Crippen LogP contribution is 2.30. The van der Waals surface area contributed by atoms with Gasteiger partial charge in [0.2, 0.25) is 0 Å². The van der Waals surface area contributed by atoms with Crippen LogP contribution in [-0.2, 0) is 6.54 Å². The molecule has 1 amide bonds. The number of carbonyl (C=O) groups excluding carboxylic acids is 1. The van der Waals surface area contributed by atoms with Gasteiger partial charge in [0, 0.05) is 23.0 Å². The zero-order chi connectivity index (χ0) is 21.4. The van der Waals surface area contributed by atoms with Crippen molar-refractivity contribution >= 4 is 17.0 Å². The van der Waals surface area contributed by atoms with Gasteiger partial charge in [0.15, 0.2) is 0 Å². The number of nitrogens with zero attached hydrogens (tertiary/aromatic N) is 4. The van der Waals surface area contributed by atoms with E-state index < -0.39 is 0 Å². The van der Waals surface area contributed by atoms with Crippen molar-refractivity contribution in [1.82, 2.24) is 25.2 Å². The Morgan fingerprint density at radius 1 is 1.17 bits per heavy atom. The monoisotopic (exact) mass is 407 g/mol. The lowest BCUT2D eigenvalue weighted by atomic mass is 10.0. The highest BCUT2D eigenvalue weighted by Gasteiger charge is 2.22. The standard InChI is InChI=1S/C22H22FN5O2/c1-12-10-18(21(29)24-14(3)11-28-15(4)9-13(2)26-28)19-20(27-30-22(19)25-12)16-5-7-17(23)8-6-16/h5-10,14H,11H2,1-4H3,(H,24,29). The molecule has 3 heterocycles. The number of nitrogens with one attached hydrogen (secondary N) is 1. The zero-order valence-corrected chi connectivity index (χ0v) is 17.2. The summed E-state index contributed by atoms with van der Waals surface area (Å²) in [5.74, 6) is -0.609. The number of hydrogen-bond acceptors (Lipinski definition) is 5. The van der Waals surface area contributed by atoms with Crippen molar-refractivity contribution < 1.29 is 13.7 Å². The summed E-state index contributed by atoms with van der Waals surface area (Å²) in [5.41, 5.74) is 4.39. The summed E-state index contributed by atoms with van der Waals surface area (Å²) >= 11 is 0. The number of amides is 1. The zero-order valence-electron chi connectivity index (χ0n) is 17.2. The Labute approximate surface area is 172 Å². The molecular weight excluding hydrogens is 385 g/mol. The van der Waals surface area contributed by atoms with Gasteiger partial charge in [-0.2, -0.15) is 5.10 Å². The van der Waals surface area contributed by atoms with E-state index in [1.54, 1.807) is 25.1 Å². The van der Waals surface area contributed by atoms with Crippen molar-refractivity contribution in [3.05, 3.63) is 64.9 Å². The molecule has 1 atom stereocenters. The molecule has 30 heavy (non-hydrogen) atoms. The average molecular weight is 407 g/mol. The van der Waals surface area contributed by atoms with E-state index in [9.17, 15) is 9.18 Å². The van der Waals surface area contributed by atoms with Gasteiger partial charge >= 0.3 is 0 Å². The molecule has 0 aliphatic rings. The summed E-state index contributed by atoms with van der Waals surface area (Å²) in [4.78, 5) is 17.5. The van der Waals surface area contributed by atoms with E-state index in [-0.39, 0.29) is 23.5 Å². The van der Waals surface area contributed by atoms with Crippen LogP contribution >= 0.6 is 0 Å². The van der Waals surface area contributed by atoms with Crippen LogP contribution in [0.15, 0.2) is 40.9 Å². The average Bonchev–Trinajstić information content (AvgIpc) is 3.24. The third-order valence-electron chi connectivity index (χ3n) is 4.86. The molecule has 0 radical (unpaired) electrons. The maximum atomic E-state index is 13.3. The summed E-state index contributed by atoms with van der Waals surface area (Å²) in [6.07, 6.45) is 0. The predicted octanol–water partition coefficient (Wildman–Crippen LogP) is 3.97. The summed E-state index contributed by atoms with van der Waals surface area (Å²) < 4.78 is 20.6. The summed E-state index contributed by atoms with van der Waals surface area (Å²) in [6, 6.07) is 9.42. The normalized spacial score (nSPS) is 12.3. The lowest BCUT2D eigenvalue weighted by molar-refractivity contribution is 0.0937. The minimum atomic E-state index is -0.350. The van der Waals surface area contributed by atoms with Gasteiger partial charge < -0.3 is 9.84 Å². The van der Waals surface area contributed by atoms with Gasteiger partial charge in [-0.25, -0.2) is 9.37 Å². The molecule has 8 heteroatoms. The van der Waals surface area contributed by atoms with Crippen LogP contribution in [0.4, 0.5) is 4.39 Å². The molecule has 4 aromatic rings. The van der Waals surface area contributed by atoms with E-state index in [1.165, 1.54) is 12.1 Å². The molecule has 1 N–H and O–H groups in total. The smallest absolute Gasteiger partial charge is 0.259 e. The minimum Gasteiger partial charge on any atom is -0.348 e. The third kappa shape index (κ3) is 3.80. The molecule has 0 saturated heterocycles. The van der Waals surface area contributed by atoms with Crippen molar-refractivity contribution in [3.8, 4) is 11.3 Å². The molecule has 0 fully saturated rings. The Balaban J connectivity index is 1.67. The summed E-state index contributed by atoms with van der Waals surface area (Å²) in [6.45, 7) is 8.18. The largest absolute Gasteiger partial charge is 0.348 e. The number of aryl methyl sites for hydroxylation is 3. The molecule has 4 rings (SSSR count). The Bertz CT molecular complexity index is 1230. The van der Waals surface area contributed by atoms with Gasteiger partial charge in [-0.05, 0) is 64.1 Å². The highest BCUT2D eigenvalue weighted by molar-refractivity contribution is 6.09. The number of benzene rings is 1. The number of pyridine rings is 1. The van der Waals surface area contributed by atoms with Crippen molar-refractivity contribution in [3.63, 3.8) is 0 Å². The van der Waals surface area contributed by atoms with E-state index in [0.29, 0.717) is 34.4 Å². The number of rotatable bonds is 5. The molecule has 1 unspecified atom stereocenters. The molecular formula is C22H22FN5O2. The second-order valence-corrected chi connectivity index (χ2v) is 7.51. The quantitative estimate of drug-likeness (QED) is 0.541. The third-order valence-corrected chi connectivity index (χ3v) is 4.86. The van der Waals surface area contributed by atoms with Crippen LogP contribution in [-0.4, -0.2) is 31.9 Å². The first-order valence-corrected chi connectivity index (χ1v) is 9.66. The first-order chi connectivity index (χ1) is 14.3. The van der Waals surface area contributed by atoms with Gasteiger partial charge in [0.25, 0.3) is 11.6 Å². The van der Waals surface area contributed by atoms with E-state index in [4.69, 9.17) is 4.52 Å². The van der Waals surface area contributed by atoms with Crippen LogP contribution in [0.25, 0.3) is 22.4 Å². The van der Waals surface area contributed by atoms with Crippen LogP contribution in [0.1, 0.15) is 34.4 Å². The Hall–Kier alpha value is -3.55. The fraction of sp³-hybridized carbons (Fsp3) is 0.273. The first kappa shape index (κ1) is 19.8. The molecule has 3 aromatic heterocycles. The molecule has 7 nitrogen and oxygen atoms in total. The van der Waals surface area contributed by atoms with Crippen LogP contribution in [0.3, 0.4) is 0 Å². The number of halogens is 1. The highest BCUT2D eigenvalue weighted by atomic mass is 19.1. The lowest BCUT2D eigenvalue weighted by Crippen LogP contribution is -2.36. The molecule has 0 saturated carbocycles. The second kappa shape index (κ2) is 7.70. The molecule has 0 bridgehead atoms. The topological polar surface area (TPSA) is 85.8 Å². The van der Waals surface area contributed by atoms with Crippen molar-refractivity contribution in [2.75, 3.05) is 0 Å². The van der Waals surface area contributed by atoms with Crippen molar-refractivity contribution in [1.29, 1.82) is 0 Å². The van der Waals surface area contributed by atoms with E-state index in [1.807, 2.05) is 31.5 Å². The van der Waals surface area contributed by atoms with E-state index in [0.717, 1.165) is 11.4 Å². The molecule has 1 aromatic carbocycles. The Morgan fingerprint density at radius 3 is 2.57 bits per heavy atom. The SMILES string of the molecule is Cc1cc(C(=O)NC(C)Cn2nc(C)cc2C)c2c(-c3ccc(F)cc3)noc2n1. The Kier molecular flexibility index (Phi) is 5.07. The van der Waals surface area contributed by atoms with Crippen LogP contribution in [0.2, 0.25) is 0 Å². The van der Waals surface area contributed by atoms with Gasteiger partial charge in [-0.15, -0.1) is 0 Å². The predicted molar refractivity (Wildman–Crippen MR) is 111 cm³/mol. The fourth-order valence-electron chi connectivity index (χ4n) is 3.52. The molecule has 0 aliphatic carbocycles. The first-order valence-electron chi connectivity index (χ1n) is 9.66. The summed E-state index contributed by atoms with van der Waals surface area (Å²) in [7, 11) is 0. The molecule has 0 aliphatic heterocycles. The van der Waals surface area contributed by atoms with Gasteiger partial charge in [0.05, 0.1) is 23.2 Å². The van der Waals surface area contributed by atoms with Gasteiger partial charge in [-0.1, -0.05) is 5.16 Å². The van der Waals surface area contributed by atoms with Crippen LogP contribution < -0.4 is 5.32 Å². The Morgan fingerprint density at radius 2 is 1.90 bits per heavy atom. The maximum absolute atomic E-state index is 13.3. The lowest BCUT2D eigenvalue weighted by Gasteiger charge is -2.16. The van der Waals surface area contributed by atoms with Gasteiger partial charge in [-0.3, -0.25) is 9.48 Å². The number of hydrogen-bond donors (Lipinski definition) is 1. The van der Waals surface area contributed by atoms with E-state index in [2.05, 4.69) is 20.6 Å². The molecule has 0 spiro atoms. The van der Waals surface area contributed by atoms with Gasteiger partial charge in [0.1, 0.15) is 11.5 Å². The minimum absolute atomic E-state index is 0.159. The number of aromatic nitrogens is 4. The maximum Gasteiger partial charge on any atom is 0.259 e. The number of fused-ring (bicyclic) bond motifs is 1. The number of carbonyl (C=O) groups is 1. The van der Waals surface area contributed by atoms with Crippen LogP contribution in [0, 0.1) is 26.6 Å². The van der Waals surface area contributed by atoms with Crippen molar-refractivity contribution in [2.45, 2.75) is 40.3 Å². The van der Waals surface area contributed by atoms with E-state index >= 15 is 0 Å². The second-order valence-electron chi connectivity index (χ2n) is 7.51. The van der Waals surface area contributed by atoms with Crippen molar-refractivity contribution in [2.24, 2.45) is 0 Å².